The second-order valence-corrected chi connectivity index (χ2v) is 3.48. The Labute approximate surface area is 94.8 Å². The predicted molar refractivity (Wildman–Crippen MR) is 46.6 cm³/mol. The van der Waals surface area contributed by atoms with Crippen LogP contribution in [-0.2, 0) is 6.18 Å². The molecule has 0 atom stereocenters. The Morgan fingerprint density at radius 1 is 1.38 bits per heavy atom. The van der Waals surface area contributed by atoms with E-state index in [1.165, 1.54) is 6.07 Å². The first-order valence-corrected chi connectivity index (χ1v) is 4.52. The van der Waals surface area contributed by atoms with Gasteiger partial charge in [0.1, 0.15) is 10.7 Å². The summed E-state index contributed by atoms with van der Waals surface area (Å²) in [6.45, 7) is 0. The van der Waals surface area contributed by atoms with E-state index in [1.54, 1.807) is 0 Å². The number of hydrogen-bond donors (Lipinski definition) is 0. The molecule has 0 saturated carbocycles. The topological polar surface area (TPSA) is 36.7 Å². The summed E-state index contributed by atoms with van der Waals surface area (Å²) in [6, 6.07) is 1.63. The molecule has 0 fully saturated rings. The van der Waals surface area contributed by atoms with Crippen LogP contribution in [0.2, 0.25) is 0 Å². The Balaban J connectivity index is 3.59. The summed E-state index contributed by atoms with van der Waals surface area (Å²) >= 11 is 2.62. The van der Waals surface area contributed by atoms with Crippen molar-refractivity contribution >= 4 is 15.9 Å². The van der Waals surface area contributed by atoms with E-state index < -0.39 is 29.4 Å². The molecule has 0 bridgehead atoms. The molecule has 0 spiro atoms. The summed E-state index contributed by atoms with van der Waals surface area (Å²) in [7, 11) is 0. The molecule has 0 aliphatic heterocycles. The first kappa shape index (κ1) is 12.8. The number of nitrogens with zero attached hydrogens (tertiary/aromatic N) is 2. The van der Waals surface area contributed by atoms with E-state index in [1.807, 2.05) is 0 Å². The molecule has 16 heavy (non-hydrogen) atoms. The maximum absolute atomic E-state index is 12.4. The van der Waals surface area contributed by atoms with E-state index in [0.29, 0.717) is 6.07 Å². The lowest BCUT2D eigenvalue weighted by Gasteiger charge is -2.13. The smallest absolute Gasteiger partial charge is 0.230 e. The average molecular weight is 301 g/mol. The Bertz CT molecular complexity index is 449. The van der Waals surface area contributed by atoms with Crippen LogP contribution in [0.5, 0.6) is 0 Å². The fraction of sp³-hybridized carbons (Fsp3) is 0.250. The fourth-order valence-electron chi connectivity index (χ4n) is 1.06. The highest BCUT2D eigenvalue weighted by Crippen LogP contribution is 2.38. The number of pyridine rings is 1. The van der Waals surface area contributed by atoms with Crippen molar-refractivity contribution < 1.29 is 22.0 Å². The second-order valence-electron chi connectivity index (χ2n) is 2.67. The molecular formula is C8H2BrF5N2. The Kier molecular flexibility index (Phi) is 3.48. The molecule has 0 aliphatic rings. The zero-order valence-electron chi connectivity index (χ0n) is 7.32. The van der Waals surface area contributed by atoms with Crippen molar-refractivity contribution in [2.75, 3.05) is 0 Å². The van der Waals surface area contributed by atoms with Gasteiger partial charge in [0.15, 0.2) is 5.69 Å². The van der Waals surface area contributed by atoms with Crippen LogP contribution < -0.4 is 0 Å². The largest absolute Gasteiger partial charge is 0.417 e. The standard InChI is InChI=1S/C8H2BrF5N2/c9-5-1-3(8(12,13)14)6(7(10)11)4(2-15)16-5/h1,7H. The number of halogens is 6. The molecule has 0 unspecified atom stereocenters. The Morgan fingerprint density at radius 3 is 2.31 bits per heavy atom. The first-order chi connectivity index (χ1) is 7.27. The van der Waals surface area contributed by atoms with Crippen molar-refractivity contribution in [3.63, 3.8) is 0 Å². The molecular weight excluding hydrogens is 299 g/mol. The lowest BCUT2D eigenvalue weighted by atomic mass is 10.1. The van der Waals surface area contributed by atoms with Gasteiger partial charge < -0.3 is 0 Å². The first-order valence-electron chi connectivity index (χ1n) is 3.73. The van der Waals surface area contributed by atoms with Crippen LogP contribution in [0.25, 0.3) is 0 Å². The quantitative estimate of drug-likeness (QED) is 0.586. The van der Waals surface area contributed by atoms with Gasteiger partial charge in [-0.05, 0) is 22.0 Å². The minimum Gasteiger partial charge on any atom is -0.230 e. The molecule has 1 heterocycles. The van der Waals surface area contributed by atoms with Gasteiger partial charge in [-0.2, -0.15) is 18.4 Å². The molecule has 0 radical (unpaired) electrons. The van der Waals surface area contributed by atoms with Gasteiger partial charge in [0, 0.05) is 0 Å². The van der Waals surface area contributed by atoms with Crippen molar-refractivity contribution in [2.24, 2.45) is 0 Å². The molecule has 2 nitrogen and oxygen atoms in total. The van der Waals surface area contributed by atoms with E-state index in [-0.39, 0.29) is 4.60 Å². The second kappa shape index (κ2) is 4.33. The monoisotopic (exact) mass is 300 g/mol. The zero-order chi connectivity index (χ0) is 12.5. The SMILES string of the molecule is N#Cc1nc(Br)cc(C(F)(F)F)c1C(F)F. The van der Waals surface area contributed by atoms with E-state index in [2.05, 4.69) is 20.9 Å². The van der Waals surface area contributed by atoms with E-state index >= 15 is 0 Å². The van der Waals surface area contributed by atoms with E-state index in [9.17, 15) is 22.0 Å². The lowest BCUT2D eigenvalue weighted by Crippen LogP contribution is -2.12. The molecule has 1 aromatic rings. The van der Waals surface area contributed by atoms with Crippen molar-refractivity contribution in [2.45, 2.75) is 12.6 Å². The van der Waals surface area contributed by atoms with Crippen LogP contribution in [0.1, 0.15) is 23.2 Å². The highest BCUT2D eigenvalue weighted by atomic mass is 79.9. The molecule has 86 valence electrons. The van der Waals surface area contributed by atoms with Crippen molar-refractivity contribution in [1.82, 2.24) is 4.98 Å². The van der Waals surface area contributed by atoms with Gasteiger partial charge in [0.05, 0.1) is 11.1 Å². The highest BCUT2D eigenvalue weighted by molar-refractivity contribution is 9.10. The summed E-state index contributed by atoms with van der Waals surface area (Å²) < 4.78 is 61.8. The van der Waals surface area contributed by atoms with Crippen LogP contribution in [0, 0.1) is 11.3 Å². The van der Waals surface area contributed by atoms with Gasteiger partial charge in [-0.15, -0.1) is 0 Å². The molecule has 0 saturated heterocycles. The van der Waals surface area contributed by atoms with E-state index in [0.717, 1.165) is 0 Å². The van der Waals surface area contributed by atoms with Crippen LogP contribution in [0.3, 0.4) is 0 Å². The molecule has 0 N–H and O–H groups in total. The minimum absolute atomic E-state index is 0.319. The van der Waals surface area contributed by atoms with Crippen LogP contribution in [-0.4, -0.2) is 4.98 Å². The molecule has 0 amide bonds. The molecule has 8 heteroatoms. The fourth-order valence-corrected chi connectivity index (χ4v) is 1.47. The number of nitriles is 1. The molecule has 0 aromatic carbocycles. The summed E-state index contributed by atoms with van der Waals surface area (Å²) in [5, 5.41) is 8.45. The Morgan fingerprint density at radius 2 is 1.94 bits per heavy atom. The summed E-state index contributed by atoms with van der Waals surface area (Å²) in [6.07, 6.45) is -8.37. The molecule has 1 aromatic heterocycles. The van der Waals surface area contributed by atoms with E-state index in [4.69, 9.17) is 5.26 Å². The van der Waals surface area contributed by atoms with Crippen LogP contribution in [0.15, 0.2) is 10.7 Å². The number of alkyl halides is 5. The van der Waals surface area contributed by atoms with Crippen LogP contribution in [0.4, 0.5) is 22.0 Å². The lowest BCUT2D eigenvalue weighted by molar-refractivity contribution is -0.139. The van der Waals surface area contributed by atoms with Gasteiger partial charge >= 0.3 is 6.18 Å². The number of rotatable bonds is 1. The third-order valence-corrected chi connectivity index (χ3v) is 2.06. The predicted octanol–water partition coefficient (Wildman–Crippen LogP) is 3.67. The Hall–Kier alpha value is -1.23. The number of aromatic nitrogens is 1. The zero-order valence-corrected chi connectivity index (χ0v) is 8.90. The van der Waals surface area contributed by atoms with Gasteiger partial charge in [-0.25, -0.2) is 13.8 Å². The number of hydrogen-bond acceptors (Lipinski definition) is 2. The van der Waals surface area contributed by atoms with Gasteiger partial charge in [0.25, 0.3) is 6.43 Å². The average Bonchev–Trinajstić information content (AvgIpc) is 2.14. The van der Waals surface area contributed by atoms with Gasteiger partial charge in [0.2, 0.25) is 0 Å². The van der Waals surface area contributed by atoms with Gasteiger partial charge in [-0.1, -0.05) is 0 Å². The van der Waals surface area contributed by atoms with Crippen molar-refractivity contribution in [3.8, 4) is 6.07 Å². The normalized spacial score (nSPS) is 11.6. The third-order valence-electron chi connectivity index (χ3n) is 1.66. The van der Waals surface area contributed by atoms with Crippen molar-refractivity contribution in [1.29, 1.82) is 5.26 Å². The maximum atomic E-state index is 12.4. The minimum atomic E-state index is -4.96. The third kappa shape index (κ3) is 2.47. The maximum Gasteiger partial charge on any atom is 0.417 e. The van der Waals surface area contributed by atoms with Gasteiger partial charge in [-0.3, -0.25) is 0 Å². The highest BCUT2D eigenvalue weighted by Gasteiger charge is 2.38. The molecule has 1 rings (SSSR count). The summed E-state index contributed by atoms with van der Waals surface area (Å²) in [5.74, 6) is 0. The summed E-state index contributed by atoms with van der Waals surface area (Å²) in [4.78, 5) is 3.26. The van der Waals surface area contributed by atoms with Crippen molar-refractivity contribution in [3.05, 3.63) is 27.5 Å². The van der Waals surface area contributed by atoms with Crippen LogP contribution >= 0.6 is 15.9 Å². The molecule has 0 aliphatic carbocycles. The summed E-state index contributed by atoms with van der Waals surface area (Å²) in [5.41, 5.74) is -3.88.